The van der Waals surface area contributed by atoms with Gasteiger partial charge in [-0.25, -0.2) is 9.97 Å². The van der Waals surface area contributed by atoms with E-state index < -0.39 is 0 Å². The summed E-state index contributed by atoms with van der Waals surface area (Å²) in [6, 6.07) is 9.72. The molecule has 3 rings (SSSR count). The van der Waals surface area contributed by atoms with Gasteiger partial charge in [-0.15, -0.1) is 0 Å². The number of amides is 1. The van der Waals surface area contributed by atoms with Gasteiger partial charge in [-0.2, -0.15) is 0 Å². The molecule has 1 aliphatic rings. The number of carbonyl (C=O) groups excluding carboxylic acids is 1. The summed E-state index contributed by atoms with van der Waals surface area (Å²) in [6.07, 6.45) is 6.03. The summed E-state index contributed by atoms with van der Waals surface area (Å²) in [4.78, 5) is 23.2. The minimum atomic E-state index is 0.0807. The number of rotatable bonds is 4. The van der Waals surface area contributed by atoms with Gasteiger partial charge < -0.3 is 9.64 Å². The molecule has 0 radical (unpaired) electrons. The van der Waals surface area contributed by atoms with Crippen LogP contribution in [0.25, 0.3) is 0 Å². The Bertz CT molecular complexity index is 717. The van der Waals surface area contributed by atoms with E-state index in [4.69, 9.17) is 4.74 Å². The lowest BCUT2D eigenvalue weighted by Crippen LogP contribution is -2.43. The molecule has 0 bridgehead atoms. The summed E-state index contributed by atoms with van der Waals surface area (Å²) < 4.78 is 5.70. The maximum Gasteiger partial charge on any atom is 0.322 e. The molecule has 1 amide bonds. The molecule has 1 fully saturated rings. The maximum absolute atomic E-state index is 12.9. The SMILES string of the molecule is CC[C@@H]1CCCCN1C(=O)c1cccc(Oc2nccc(C)n2)c1. The van der Waals surface area contributed by atoms with Crippen molar-refractivity contribution in [3.63, 3.8) is 0 Å². The van der Waals surface area contributed by atoms with E-state index in [0.717, 1.165) is 31.5 Å². The van der Waals surface area contributed by atoms with E-state index in [2.05, 4.69) is 16.9 Å². The lowest BCUT2D eigenvalue weighted by atomic mass is 9.99. The third-order valence-electron chi connectivity index (χ3n) is 4.42. The number of likely N-dealkylation sites (tertiary alicyclic amines) is 1. The van der Waals surface area contributed by atoms with E-state index in [1.807, 2.05) is 36.1 Å². The first kappa shape index (κ1) is 16.4. The predicted octanol–water partition coefficient (Wildman–Crippen LogP) is 3.98. The van der Waals surface area contributed by atoms with Gasteiger partial charge in [0.05, 0.1) is 0 Å². The molecule has 5 heteroatoms. The first-order valence-corrected chi connectivity index (χ1v) is 8.56. The second kappa shape index (κ2) is 7.43. The Labute approximate surface area is 142 Å². The Morgan fingerprint density at radius 3 is 3.00 bits per heavy atom. The van der Waals surface area contributed by atoms with Gasteiger partial charge in [0.1, 0.15) is 5.75 Å². The highest BCUT2D eigenvalue weighted by atomic mass is 16.5. The zero-order valence-corrected chi connectivity index (χ0v) is 14.2. The summed E-state index contributed by atoms with van der Waals surface area (Å²) in [7, 11) is 0. The highest BCUT2D eigenvalue weighted by molar-refractivity contribution is 5.94. The summed E-state index contributed by atoms with van der Waals surface area (Å²) in [6.45, 7) is 4.87. The smallest absolute Gasteiger partial charge is 0.322 e. The summed E-state index contributed by atoms with van der Waals surface area (Å²) in [5.41, 5.74) is 1.49. The van der Waals surface area contributed by atoms with Crippen molar-refractivity contribution in [3.05, 3.63) is 47.8 Å². The van der Waals surface area contributed by atoms with Crippen LogP contribution in [-0.2, 0) is 0 Å². The van der Waals surface area contributed by atoms with Crippen LogP contribution in [-0.4, -0.2) is 33.4 Å². The van der Waals surface area contributed by atoms with Gasteiger partial charge >= 0.3 is 6.01 Å². The number of nitrogens with zero attached hydrogens (tertiary/aromatic N) is 3. The normalized spacial score (nSPS) is 17.6. The fourth-order valence-corrected chi connectivity index (χ4v) is 3.13. The maximum atomic E-state index is 12.9. The number of hydrogen-bond donors (Lipinski definition) is 0. The third kappa shape index (κ3) is 3.72. The lowest BCUT2D eigenvalue weighted by molar-refractivity contribution is 0.0607. The van der Waals surface area contributed by atoms with Crippen LogP contribution in [0.3, 0.4) is 0 Å². The number of carbonyl (C=O) groups is 1. The average Bonchev–Trinajstić information content (AvgIpc) is 2.61. The third-order valence-corrected chi connectivity index (χ3v) is 4.42. The Hall–Kier alpha value is -2.43. The van der Waals surface area contributed by atoms with Crippen LogP contribution in [0.2, 0.25) is 0 Å². The molecular formula is C19H23N3O2. The molecule has 2 aromatic rings. The zero-order chi connectivity index (χ0) is 16.9. The van der Waals surface area contributed by atoms with E-state index >= 15 is 0 Å². The van der Waals surface area contributed by atoms with Crippen molar-refractivity contribution in [1.82, 2.24) is 14.9 Å². The molecule has 0 unspecified atom stereocenters. The Balaban J connectivity index is 1.78. The number of piperidine rings is 1. The Kier molecular flexibility index (Phi) is 5.08. The largest absolute Gasteiger partial charge is 0.424 e. The summed E-state index contributed by atoms with van der Waals surface area (Å²) in [5.74, 6) is 0.661. The molecule has 126 valence electrons. The minimum absolute atomic E-state index is 0.0807. The Morgan fingerprint density at radius 2 is 2.21 bits per heavy atom. The molecule has 1 saturated heterocycles. The van der Waals surface area contributed by atoms with Crippen LogP contribution in [0.1, 0.15) is 48.7 Å². The van der Waals surface area contributed by atoms with Gasteiger partial charge in [0.2, 0.25) is 0 Å². The molecule has 0 spiro atoms. The monoisotopic (exact) mass is 325 g/mol. The topological polar surface area (TPSA) is 55.3 Å². The molecule has 1 atom stereocenters. The first-order valence-electron chi connectivity index (χ1n) is 8.56. The Morgan fingerprint density at radius 1 is 1.33 bits per heavy atom. The van der Waals surface area contributed by atoms with Crippen LogP contribution < -0.4 is 4.74 Å². The van der Waals surface area contributed by atoms with E-state index in [1.54, 1.807) is 12.3 Å². The standard InChI is InChI=1S/C19H23N3O2/c1-3-16-8-4-5-12-22(16)18(23)15-7-6-9-17(13-15)24-19-20-11-10-14(2)21-19/h6-7,9-11,13,16H,3-5,8,12H2,1-2H3/t16-/m1/s1. The molecule has 2 heterocycles. The van der Waals surface area contributed by atoms with Crippen molar-refractivity contribution < 1.29 is 9.53 Å². The van der Waals surface area contributed by atoms with E-state index in [0.29, 0.717) is 23.4 Å². The second-order valence-corrected chi connectivity index (χ2v) is 6.17. The van der Waals surface area contributed by atoms with Crippen LogP contribution in [0, 0.1) is 6.92 Å². The molecule has 0 N–H and O–H groups in total. The van der Waals surface area contributed by atoms with E-state index in [-0.39, 0.29) is 5.91 Å². The molecule has 0 saturated carbocycles. The van der Waals surface area contributed by atoms with Crippen LogP contribution in [0.15, 0.2) is 36.5 Å². The quantitative estimate of drug-likeness (QED) is 0.853. The van der Waals surface area contributed by atoms with Gasteiger partial charge in [0.15, 0.2) is 0 Å². The predicted molar refractivity (Wildman–Crippen MR) is 92.3 cm³/mol. The fraction of sp³-hybridized carbons (Fsp3) is 0.421. The highest BCUT2D eigenvalue weighted by Gasteiger charge is 2.26. The highest BCUT2D eigenvalue weighted by Crippen LogP contribution is 2.24. The summed E-state index contributed by atoms with van der Waals surface area (Å²) in [5, 5.41) is 0. The van der Waals surface area contributed by atoms with Crippen LogP contribution in [0.5, 0.6) is 11.8 Å². The van der Waals surface area contributed by atoms with Crippen molar-refractivity contribution in [2.75, 3.05) is 6.54 Å². The molecule has 24 heavy (non-hydrogen) atoms. The van der Waals surface area contributed by atoms with Crippen molar-refractivity contribution >= 4 is 5.91 Å². The van der Waals surface area contributed by atoms with Crippen LogP contribution >= 0.6 is 0 Å². The number of ether oxygens (including phenoxy) is 1. The van der Waals surface area contributed by atoms with E-state index in [1.165, 1.54) is 6.42 Å². The van der Waals surface area contributed by atoms with Crippen LogP contribution in [0.4, 0.5) is 0 Å². The number of hydrogen-bond acceptors (Lipinski definition) is 4. The molecule has 5 nitrogen and oxygen atoms in total. The minimum Gasteiger partial charge on any atom is -0.424 e. The summed E-state index contributed by atoms with van der Waals surface area (Å²) >= 11 is 0. The van der Waals surface area contributed by atoms with Crippen molar-refractivity contribution in [2.24, 2.45) is 0 Å². The van der Waals surface area contributed by atoms with Crippen molar-refractivity contribution in [2.45, 2.75) is 45.6 Å². The van der Waals surface area contributed by atoms with Gasteiger partial charge in [0, 0.05) is 30.0 Å². The zero-order valence-electron chi connectivity index (χ0n) is 14.2. The molecule has 1 aromatic carbocycles. The molecule has 0 aliphatic carbocycles. The average molecular weight is 325 g/mol. The van der Waals surface area contributed by atoms with E-state index in [9.17, 15) is 4.79 Å². The number of aryl methyl sites for hydroxylation is 1. The van der Waals surface area contributed by atoms with Crippen molar-refractivity contribution in [3.8, 4) is 11.8 Å². The lowest BCUT2D eigenvalue weighted by Gasteiger charge is -2.35. The van der Waals surface area contributed by atoms with Gasteiger partial charge in [-0.3, -0.25) is 4.79 Å². The van der Waals surface area contributed by atoms with Gasteiger partial charge in [0.25, 0.3) is 5.91 Å². The molecule has 1 aliphatic heterocycles. The van der Waals surface area contributed by atoms with Crippen molar-refractivity contribution in [1.29, 1.82) is 0 Å². The number of benzene rings is 1. The second-order valence-electron chi connectivity index (χ2n) is 6.17. The fourth-order valence-electron chi connectivity index (χ4n) is 3.13. The molecular weight excluding hydrogens is 302 g/mol. The van der Waals surface area contributed by atoms with Gasteiger partial charge in [-0.05, 0) is 56.9 Å². The van der Waals surface area contributed by atoms with Gasteiger partial charge in [-0.1, -0.05) is 13.0 Å². The first-order chi connectivity index (χ1) is 11.7. The molecule has 1 aromatic heterocycles. The number of aromatic nitrogens is 2.